The van der Waals surface area contributed by atoms with Gasteiger partial charge in [-0.3, -0.25) is 14.4 Å². The van der Waals surface area contributed by atoms with E-state index < -0.39 is 17.1 Å². The number of rotatable bonds is 6. The summed E-state index contributed by atoms with van der Waals surface area (Å²) in [7, 11) is 0. The highest BCUT2D eigenvalue weighted by Crippen LogP contribution is 2.70. The molecule has 3 saturated carbocycles. The van der Waals surface area contributed by atoms with Gasteiger partial charge in [0.15, 0.2) is 17.2 Å². The number of aliphatic hydroxyl groups is 1. The molecule has 7 heteroatoms. The van der Waals surface area contributed by atoms with Crippen molar-refractivity contribution in [2.75, 3.05) is 18.1 Å². The number of Topliss-reactive ketones (excluding diaryl/α,β-unsaturated/α-hetero) is 1. The van der Waals surface area contributed by atoms with Crippen LogP contribution in [0.15, 0.2) is 46.8 Å². The first-order chi connectivity index (χ1) is 17.2. The molecule has 0 radical (unpaired) electrons. The van der Waals surface area contributed by atoms with Crippen molar-refractivity contribution in [3.63, 3.8) is 0 Å². The molecule has 194 valence electrons. The Balaban J connectivity index is 1.36. The Morgan fingerprint density at radius 2 is 2.17 bits per heavy atom. The lowest BCUT2D eigenvalue weighted by Crippen LogP contribution is -2.63. The van der Waals surface area contributed by atoms with Crippen LogP contribution in [0.2, 0.25) is 0 Å². The number of hydrogen-bond acceptors (Lipinski definition) is 7. The van der Waals surface area contributed by atoms with Gasteiger partial charge in [0, 0.05) is 34.8 Å². The number of carbonyl (C=O) groups is 2. The summed E-state index contributed by atoms with van der Waals surface area (Å²) in [6.07, 6.45) is 11.7. The second-order valence-corrected chi connectivity index (χ2v) is 13.3. The minimum Gasteiger partial charge on any atom is -0.472 e. The topological polar surface area (TPSA) is 80.0 Å². The fourth-order valence-electron chi connectivity index (χ4n) is 8.92. The number of carbonyl (C=O) groups excluding carboxylic acids is 2. The van der Waals surface area contributed by atoms with Gasteiger partial charge in [-0.2, -0.15) is 16.8 Å². The summed E-state index contributed by atoms with van der Waals surface area (Å²) in [5.74, 6) is 2.30. The van der Waals surface area contributed by atoms with Crippen molar-refractivity contribution in [1.82, 2.24) is 5.06 Å². The number of aliphatic hydroxyl groups excluding tert-OH is 1. The van der Waals surface area contributed by atoms with Crippen LogP contribution in [-0.2, 0) is 21.0 Å². The third-order valence-corrected chi connectivity index (χ3v) is 11.2. The van der Waals surface area contributed by atoms with Crippen LogP contribution in [-0.4, -0.2) is 51.5 Å². The number of furan rings is 1. The second-order valence-electron chi connectivity index (χ2n) is 12.0. The zero-order valence-corrected chi connectivity index (χ0v) is 22.3. The Kier molecular flexibility index (Phi) is 5.95. The van der Waals surface area contributed by atoms with Gasteiger partial charge >= 0.3 is 0 Å². The van der Waals surface area contributed by atoms with Crippen LogP contribution in [0.25, 0.3) is 0 Å². The Morgan fingerprint density at radius 3 is 2.92 bits per heavy atom. The van der Waals surface area contributed by atoms with Gasteiger partial charge in [0.25, 0.3) is 0 Å². The summed E-state index contributed by atoms with van der Waals surface area (Å²) < 4.78 is 5.27. The molecule has 0 spiro atoms. The van der Waals surface area contributed by atoms with Gasteiger partial charge < -0.3 is 9.52 Å². The van der Waals surface area contributed by atoms with Crippen molar-refractivity contribution in [2.24, 2.45) is 34.5 Å². The quantitative estimate of drug-likeness (QED) is 0.598. The minimum absolute atomic E-state index is 0.0514. The summed E-state index contributed by atoms with van der Waals surface area (Å²) in [6, 6.07) is 1.94. The van der Waals surface area contributed by atoms with Crippen LogP contribution in [0.3, 0.4) is 0 Å². The van der Waals surface area contributed by atoms with Crippen molar-refractivity contribution in [3.8, 4) is 0 Å². The Bertz CT molecular complexity index is 1110. The monoisotopic (exact) mass is 511 g/mol. The highest BCUT2D eigenvalue weighted by molar-refractivity contribution is 7.99. The van der Waals surface area contributed by atoms with E-state index >= 15 is 0 Å². The molecule has 1 aliphatic heterocycles. The molecule has 1 N–H and O–H groups in total. The number of hydrogen-bond donors (Lipinski definition) is 1. The fraction of sp³-hybridized carbons (Fsp3) is 0.655. The van der Waals surface area contributed by atoms with E-state index in [0.717, 1.165) is 36.2 Å². The van der Waals surface area contributed by atoms with Gasteiger partial charge in [0.2, 0.25) is 0 Å². The first kappa shape index (κ1) is 24.7. The van der Waals surface area contributed by atoms with E-state index in [1.54, 1.807) is 36.4 Å². The molecule has 3 unspecified atom stereocenters. The van der Waals surface area contributed by atoms with Gasteiger partial charge in [-0.25, -0.2) is 0 Å². The van der Waals surface area contributed by atoms with E-state index in [4.69, 9.17) is 9.25 Å². The van der Waals surface area contributed by atoms with E-state index in [1.807, 2.05) is 17.2 Å². The van der Waals surface area contributed by atoms with E-state index in [2.05, 4.69) is 20.8 Å². The minimum atomic E-state index is -0.912. The number of hydroxylamine groups is 2. The number of allylic oxidation sites excluding steroid dienone is 4. The molecule has 0 amide bonds. The molecule has 1 aromatic heterocycles. The fourth-order valence-corrected chi connectivity index (χ4v) is 9.53. The largest absolute Gasteiger partial charge is 0.472 e. The van der Waals surface area contributed by atoms with Crippen LogP contribution in [0.5, 0.6) is 0 Å². The molecule has 1 aromatic rings. The van der Waals surface area contributed by atoms with Crippen molar-refractivity contribution in [3.05, 3.63) is 48.0 Å². The number of fused-ring (bicyclic) bond motifs is 7. The molecular weight excluding hydrogens is 474 g/mol. The SMILES string of the molecule is CCSCC(=O)[C@@]12ON(Cc3ccoc3)C[C@@H]1CC1C3CCC4=CC(=O)C=C[C@]4(C)C3[C@@H](O)C[C@@]12C. The van der Waals surface area contributed by atoms with Gasteiger partial charge in [0.05, 0.1) is 30.9 Å². The number of ketones is 2. The standard InChI is InChI=1S/C29H37NO5S/c1-4-36-17-25(33)29-20(15-30(35-29)14-18-8-10-34-16-18)12-23-22-6-5-19-11-21(31)7-9-27(19,2)26(22)24(32)13-28(23,29)3/h7-11,16,20,22-24,26,32H,4-6,12-15,17H2,1-3H3/t20-,22?,23?,24-,26?,27-,28-,29-/m0/s1. The molecule has 4 aliphatic carbocycles. The van der Waals surface area contributed by atoms with E-state index in [-0.39, 0.29) is 28.8 Å². The zero-order chi connectivity index (χ0) is 25.3. The first-order valence-electron chi connectivity index (χ1n) is 13.4. The molecule has 5 aliphatic rings. The van der Waals surface area contributed by atoms with Crippen LogP contribution in [0, 0.1) is 34.5 Å². The van der Waals surface area contributed by atoms with Crippen molar-refractivity contribution in [2.45, 2.75) is 64.7 Å². The highest BCUT2D eigenvalue weighted by Gasteiger charge is 2.75. The third kappa shape index (κ3) is 3.35. The normalized spacial score (nSPS) is 43.5. The molecule has 6 rings (SSSR count). The molecule has 6 nitrogen and oxygen atoms in total. The molecular formula is C29H37NO5S. The summed E-state index contributed by atoms with van der Waals surface area (Å²) in [5.41, 5.74) is 0.526. The van der Waals surface area contributed by atoms with Crippen LogP contribution in [0.1, 0.15) is 52.0 Å². The predicted octanol–water partition coefficient (Wildman–Crippen LogP) is 4.59. The summed E-state index contributed by atoms with van der Waals surface area (Å²) >= 11 is 1.66. The Labute approximate surface area is 217 Å². The van der Waals surface area contributed by atoms with Crippen molar-refractivity contribution in [1.29, 1.82) is 0 Å². The van der Waals surface area contributed by atoms with E-state index in [9.17, 15) is 14.7 Å². The van der Waals surface area contributed by atoms with E-state index in [1.165, 1.54) is 0 Å². The Hall–Kier alpha value is -1.67. The van der Waals surface area contributed by atoms with Crippen molar-refractivity contribution < 1.29 is 24.0 Å². The lowest BCUT2D eigenvalue weighted by molar-refractivity contribution is -0.252. The molecule has 0 bridgehead atoms. The van der Waals surface area contributed by atoms with Crippen LogP contribution < -0.4 is 0 Å². The molecule has 8 atom stereocenters. The molecule has 2 heterocycles. The van der Waals surface area contributed by atoms with Gasteiger partial charge in [0.1, 0.15) is 0 Å². The van der Waals surface area contributed by atoms with Gasteiger partial charge in [-0.05, 0) is 61.5 Å². The van der Waals surface area contributed by atoms with Crippen LogP contribution in [0.4, 0.5) is 0 Å². The predicted molar refractivity (Wildman–Crippen MR) is 138 cm³/mol. The lowest BCUT2D eigenvalue weighted by Gasteiger charge is -2.60. The summed E-state index contributed by atoms with van der Waals surface area (Å²) in [6.45, 7) is 7.80. The van der Waals surface area contributed by atoms with Gasteiger partial charge in [-0.1, -0.05) is 32.4 Å². The molecule has 0 aromatic carbocycles. The number of thioether (sulfide) groups is 1. The second kappa shape index (κ2) is 8.69. The summed E-state index contributed by atoms with van der Waals surface area (Å²) in [5, 5.41) is 13.8. The summed E-state index contributed by atoms with van der Waals surface area (Å²) in [4.78, 5) is 33.0. The maximum atomic E-state index is 14.1. The number of nitrogens with zero attached hydrogens (tertiary/aromatic N) is 1. The first-order valence-corrected chi connectivity index (χ1v) is 14.6. The highest BCUT2D eigenvalue weighted by atomic mass is 32.2. The maximum Gasteiger partial charge on any atom is 0.178 e. The zero-order valence-electron chi connectivity index (χ0n) is 21.4. The third-order valence-electron chi connectivity index (χ3n) is 10.3. The van der Waals surface area contributed by atoms with Gasteiger partial charge in [-0.15, -0.1) is 0 Å². The maximum absolute atomic E-state index is 14.1. The Morgan fingerprint density at radius 1 is 1.33 bits per heavy atom. The average molecular weight is 512 g/mol. The van der Waals surface area contributed by atoms with Crippen LogP contribution >= 0.6 is 11.8 Å². The smallest absolute Gasteiger partial charge is 0.178 e. The van der Waals surface area contributed by atoms with E-state index in [0.29, 0.717) is 37.1 Å². The molecule has 4 fully saturated rings. The van der Waals surface area contributed by atoms with Crippen molar-refractivity contribution >= 4 is 23.3 Å². The molecule has 1 saturated heterocycles. The lowest BCUT2D eigenvalue weighted by atomic mass is 9.46. The average Bonchev–Trinajstić information content (AvgIpc) is 3.53. The molecule has 36 heavy (non-hydrogen) atoms.